The Morgan fingerprint density at radius 3 is 2.55 bits per heavy atom. The predicted octanol–water partition coefficient (Wildman–Crippen LogP) is 6.62. The van der Waals surface area contributed by atoms with E-state index in [4.69, 9.17) is 33.9 Å². The predicted molar refractivity (Wildman–Crippen MR) is 203 cm³/mol. The molecule has 4 saturated heterocycles. The number of fused-ring (bicyclic) bond motifs is 5. The van der Waals surface area contributed by atoms with E-state index in [1.165, 1.54) is 13.2 Å². The SMILES string of the molecule is CCc1c(F)ccc2cc(OCOC)cc(-c3ncc4c(N5C[C@H]6CC[C@@H](C5)N6C(=O)OC(C)(C)C)nc(OC[C@]56CCCN5[C@@H](CO)CC6)nc4c3F)c12. The first-order valence-corrected chi connectivity index (χ1v) is 19.4. The molecule has 2 bridgehead atoms. The first kappa shape index (κ1) is 37.5. The zero-order chi connectivity index (χ0) is 38.6. The van der Waals surface area contributed by atoms with Gasteiger partial charge in [-0.3, -0.25) is 14.8 Å². The van der Waals surface area contributed by atoms with Crippen molar-refractivity contribution in [3.05, 3.63) is 47.7 Å². The summed E-state index contributed by atoms with van der Waals surface area (Å²) in [5.41, 5.74) is -0.0533. The molecule has 2 aromatic carbocycles. The number of aliphatic hydroxyl groups is 1. The third-order valence-electron chi connectivity index (χ3n) is 11.8. The van der Waals surface area contributed by atoms with Gasteiger partial charge < -0.3 is 29.0 Å². The lowest BCUT2D eigenvalue weighted by Crippen LogP contribution is -2.57. The fourth-order valence-corrected chi connectivity index (χ4v) is 9.44. The second-order valence-electron chi connectivity index (χ2n) is 16.4. The van der Waals surface area contributed by atoms with E-state index in [-0.39, 0.29) is 66.2 Å². The summed E-state index contributed by atoms with van der Waals surface area (Å²) in [6.45, 7) is 9.61. The number of piperazine rings is 1. The van der Waals surface area contributed by atoms with Crippen LogP contribution in [0.1, 0.15) is 71.8 Å². The number of halogens is 2. The number of methoxy groups -OCH3 is 1. The lowest BCUT2D eigenvalue weighted by molar-refractivity contribution is 0.0122. The summed E-state index contributed by atoms with van der Waals surface area (Å²) in [5.74, 6) is -0.191. The van der Waals surface area contributed by atoms with Gasteiger partial charge >= 0.3 is 12.1 Å². The van der Waals surface area contributed by atoms with E-state index in [0.717, 1.165) is 45.1 Å². The lowest BCUT2D eigenvalue weighted by atomic mass is 9.94. The van der Waals surface area contributed by atoms with Gasteiger partial charge in [-0.1, -0.05) is 13.0 Å². The average molecular weight is 761 g/mol. The van der Waals surface area contributed by atoms with Crippen molar-refractivity contribution in [1.82, 2.24) is 24.8 Å². The normalized spacial score (nSPS) is 23.9. The Kier molecular flexibility index (Phi) is 9.96. The monoisotopic (exact) mass is 760 g/mol. The van der Waals surface area contributed by atoms with Crippen molar-refractivity contribution in [2.24, 2.45) is 0 Å². The topological polar surface area (TPSA) is 123 Å². The smallest absolute Gasteiger partial charge is 0.410 e. The molecule has 4 aliphatic heterocycles. The number of rotatable bonds is 10. The second kappa shape index (κ2) is 14.6. The van der Waals surface area contributed by atoms with E-state index in [1.54, 1.807) is 24.4 Å². The van der Waals surface area contributed by atoms with E-state index >= 15 is 8.78 Å². The molecule has 0 spiro atoms. The van der Waals surface area contributed by atoms with Crippen LogP contribution in [0.4, 0.5) is 19.4 Å². The second-order valence-corrected chi connectivity index (χ2v) is 16.4. The molecule has 294 valence electrons. The van der Waals surface area contributed by atoms with Crippen LogP contribution in [0.2, 0.25) is 0 Å². The molecule has 4 aliphatic rings. The van der Waals surface area contributed by atoms with E-state index in [1.807, 2.05) is 32.6 Å². The van der Waals surface area contributed by atoms with Crippen LogP contribution in [0.5, 0.6) is 11.8 Å². The summed E-state index contributed by atoms with van der Waals surface area (Å²) < 4.78 is 55.9. The minimum absolute atomic E-state index is 0.00627. The Bertz CT molecular complexity index is 2100. The van der Waals surface area contributed by atoms with E-state index in [2.05, 4.69) is 9.80 Å². The number of carbonyl (C=O) groups is 1. The quantitative estimate of drug-likeness (QED) is 0.176. The third-order valence-corrected chi connectivity index (χ3v) is 11.8. The zero-order valence-corrected chi connectivity index (χ0v) is 32.2. The number of amides is 1. The number of hydrogen-bond acceptors (Lipinski definition) is 11. The summed E-state index contributed by atoms with van der Waals surface area (Å²) in [5, 5.41) is 11.7. The van der Waals surface area contributed by atoms with Crippen LogP contribution in [0, 0.1) is 11.6 Å². The van der Waals surface area contributed by atoms with Gasteiger partial charge in [-0.05, 0) is 107 Å². The molecule has 0 radical (unpaired) electrons. The van der Waals surface area contributed by atoms with Gasteiger partial charge in [0.05, 0.1) is 29.6 Å². The molecular formula is C41H50F2N6O6. The van der Waals surface area contributed by atoms with Crippen LogP contribution in [0.15, 0.2) is 30.5 Å². The van der Waals surface area contributed by atoms with E-state index in [9.17, 15) is 9.90 Å². The molecule has 1 N–H and O–H groups in total. The van der Waals surface area contributed by atoms with Crippen LogP contribution >= 0.6 is 0 Å². The van der Waals surface area contributed by atoms with E-state index < -0.39 is 11.4 Å². The average Bonchev–Trinajstić information content (AvgIpc) is 3.81. The Labute approximate surface area is 319 Å². The molecule has 1 amide bonds. The molecule has 8 rings (SSSR count). The van der Waals surface area contributed by atoms with Gasteiger partial charge in [0.2, 0.25) is 0 Å². The van der Waals surface area contributed by atoms with Crippen LogP contribution in [-0.2, 0) is 15.9 Å². The molecule has 0 aliphatic carbocycles. The van der Waals surface area contributed by atoms with E-state index in [0.29, 0.717) is 65.0 Å². The highest BCUT2D eigenvalue weighted by atomic mass is 19.1. The van der Waals surface area contributed by atoms with Crippen molar-refractivity contribution < 1.29 is 37.6 Å². The summed E-state index contributed by atoms with van der Waals surface area (Å²) in [7, 11) is 1.51. The number of anilines is 1. The summed E-state index contributed by atoms with van der Waals surface area (Å²) in [6.07, 6.45) is 6.90. The molecule has 55 heavy (non-hydrogen) atoms. The number of benzene rings is 2. The van der Waals surface area contributed by atoms with Gasteiger partial charge in [0, 0.05) is 38.0 Å². The number of pyridine rings is 1. The van der Waals surface area contributed by atoms with Gasteiger partial charge in [0.25, 0.3) is 0 Å². The summed E-state index contributed by atoms with van der Waals surface area (Å²) in [6, 6.07) is 6.38. The molecule has 14 heteroatoms. The highest BCUT2D eigenvalue weighted by molar-refractivity contribution is 6.02. The zero-order valence-electron chi connectivity index (χ0n) is 32.2. The minimum atomic E-state index is -0.695. The highest BCUT2D eigenvalue weighted by Crippen LogP contribution is 2.44. The Morgan fingerprint density at radius 1 is 1.05 bits per heavy atom. The maximum atomic E-state index is 17.4. The molecule has 12 nitrogen and oxygen atoms in total. The number of aliphatic hydroxyl groups excluding tert-OH is 1. The number of aromatic nitrogens is 3. The molecule has 0 saturated carbocycles. The molecule has 4 atom stereocenters. The van der Waals surface area contributed by atoms with Gasteiger partial charge in [-0.25, -0.2) is 13.6 Å². The highest BCUT2D eigenvalue weighted by Gasteiger charge is 2.50. The lowest BCUT2D eigenvalue weighted by Gasteiger charge is -2.42. The van der Waals surface area contributed by atoms with Crippen molar-refractivity contribution in [2.75, 3.05) is 51.7 Å². The third kappa shape index (κ3) is 6.80. The fraction of sp³-hybridized carbons (Fsp3) is 0.561. The maximum Gasteiger partial charge on any atom is 0.410 e. The van der Waals surface area contributed by atoms with Gasteiger partial charge in [-0.2, -0.15) is 9.97 Å². The summed E-state index contributed by atoms with van der Waals surface area (Å²) >= 11 is 0. The standard InChI is InChI=1S/C41H50F2N6O6/c1-6-29-32(42)11-8-24-16-28(54-23-52-5)17-30(33(24)29)35-34(43)36-31(18-44-35)37(47-19-25-9-10-26(20-47)49(25)39(51)55-40(2,3)4)46-38(45-36)53-22-41-13-7-15-48(41)27(21-50)12-14-41/h8,11,16-18,25-27,50H,6-7,9-10,12-15,19-23H2,1-5H3/t25-,26+,27-,41-/m1/s1. The van der Waals surface area contributed by atoms with Crippen molar-refractivity contribution >= 4 is 33.6 Å². The van der Waals surface area contributed by atoms with Crippen molar-refractivity contribution in [2.45, 2.75) is 102 Å². The molecule has 4 aromatic rings. The molecular weight excluding hydrogens is 710 g/mol. The first-order valence-electron chi connectivity index (χ1n) is 19.4. The summed E-state index contributed by atoms with van der Waals surface area (Å²) in [4.78, 5) is 33.9. The first-order chi connectivity index (χ1) is 26.4. The maximum absolute atomic E-state index is 17.4. The number of ether oxygens (including phenoxy) is 4. The fourth-order valence-electron chi connectivity index (χ4n) is 9.44. The van der Waals surface area contributed by atoms with Crippen molar-refractivity contribution in [3.63, 3.8) is 0 Å². The number of hydrogen-bond donors (Lipinski definition) is 1. The molecule has 2 aromatic heterocycles. The van der Waals surface area contributed by atoms with Crippen molar-refractivity contribution in [1.29, 1.82) is 0 Å². The van der Waals surface area contributed by atoms with Gasteiger partial charge in [0.15, 0.2) is 12.6 Å². The van der Waals surface area contributed by atoms with Crippen LogP contribution < -0.4 is 14.4 Å². The van der Waals surface area contributed by atoms with Gasteiger partial charge in [0.1, 0.15) is 40.8 Å². The minimum Gasteiger partial charge on any atom is -0.468 e. The Hall–Kier alpha value is -4.40. The van der Waals surface area contributed by atoms with Crippen LogP contribution in [0.25, 0.3) is 32.9 Å². The number of carbonyl (C=O) groups excluding carboxylic acids is 1. The van der Waals surface area contributed by atoms with Gasteiger partial charge in [-0.15, -0.1) is 0 Å². The van der Waals surface area contributed by atoms with Crippen molar-refractivity contribution in [3.8, 4) is 23.0 Å². The Balaban J connectivity index is 1.23. The number of nitrogens with zero attached hydrogens (tertiary/aromatic N) is 6. The number of aryl methyl sites for hydroxylation is 1. The molecule has 6 heterocycles. The van der Waals surface area contributed by atoms with Crippen LogP contribution in [0.3, 0.4) is 0 Å². The molecule has 4 fully saturated rings. The Morgan fingerprint density at radius 2 is 1.84 bits per heavy atom. The van der Waals surface area contributed by atoms with Crippen LogP contribution in [-0.4, -0.2) is 112 Å². The largest absolute Gasteiger partial charge is 0.468 e. The molecule has 0 unspecified atom stereocenters.